The summed E-state index contributed by atoms with van der Waals surface area (Å²) in [6.45, 7) is 8.34. The van der Waals surface area contributed by atoms with E-state index in [2.05, 4.69) is 183 Å². The summed E-state index contributed by atoms with van der Waals surface area (Å²) in [5.41, 5.74) is 8.58. The Balaban J connectivity index is 0.000000114. The predicted octanol–water partition coefficient (Wildman–Crippen LogP) is 19.0. The third-order valence-electron chi connectivity index (χ3n) is 16.4. The summed E-state index contributed by atoms with van der Waals surface area (Å²) in [4.78, 5) is 29.3. The molecular formula is C72H50BClN6O2S2. The molecule has 1 aliphatic heterocycles. The van der Waals surface area contributed by atoms with Gasteiger partial charge in [-0.25, -0.2) is 24.9 Å². The van der Waals surface area contributed by atoms with Gasteiger partial charge in [-0.2, -0.15) is 0 Å². The first-order chi connectivity index (χ1) is 41.0. The van der Waals surface area contributed by atoms with Gasteiger partial charge in [0.1, 0.15) is 5.69 Å². The topological polar surface area (TPSA) is 95.8 Å². The predicted molar refractivity (Wildman–Crippen MR) is 354 cm³/mol. The maximum Gasteiger partial charge on any atom is 0.515 e. The molecule has 402 valence electrons. The maximum absolute atomic E-state index is 6.41. The molecule has 0 bridgehead atoms. The molecule has 6 aromatic heterocycles. The van der Waals surface area contributed by atoms with Gasteiger partial charge in [0.15, 0.2) is 5.82 Å². The van der Waals surface area contributed by atoms with Crippen LogP contribution < -0.4 is 5.59 Å². The molecule has 1 saturated heterocycles. The summed E-state index contributed by atoms with van der Waals surface area (Å²) in [7, 11) is -0.496. The maximum atomic E-state index is 6.41. The smallest absolute Gasteiger partial charge is 0.398 e. The molecule has 0 saturated carbocycles. The average molecular weight is 1140 g/mol. The summed E-state index contributed by atoms with van der Waals surface area (Å²) in [5, 5.41) is 14.1. The molecule has 1 aliphatic rings. The Bertz CT molecular complexity index is 5250. The number of benzene rings is 10. The van der Waals surface area contributed by atoms with Crippen molar-refractivity contribution in [2.75, 3.05) is 0 Å². The van der Waals surface area contributed by atoms with Crippen LogP contribution in [0.1, 0.15) is 27.7 Å². The number of para-hydroxylation sites is 2. The fraction of sp³-hybridized carbons (Fsp3) is 0.0833. The van der Waals surface area contributed by atoms with Crippen LogP contribution in [0.4, 0.5) is 0 Å². The van der Waals surface area contributed by atoms with E-state index in [9.17, 15) is 0 Å². The highest BCUT2D eigenvalue weighted by molar-refractivity contribution is 7.26. The van der Waals surface area contributed by atoms with Crippen molar-refractivity contribution in [2.45, 2.75) is 38.9 Å². The number of halogens is 1. The Morgan fingerprint density at radius 3 is 1.30 bits per heavy atom. The van der Waals surface area contributed by atoms with E-state index in [1.54, 1.807) is 0 Å². The Morgan fingerprint density at radius 1 is 0.333 bits per heavy atom. The van der Waals surface area contributed by atoms with Crippen LogP contribution in [-0.2, 0) is 9.31 Å². The highest BCUT2D eigenvalue weighted by Crippen LogP contribution is 2.44. The molecule has 17 rings (SSSR count). The number of rotatable bonds is 4. The molecule has 0 spiro atoms. The van der Waals surface area contributed by atoms with Gasteiger partial charge in [0.05, 0.1) is 50.3 Å². The molecule has 0 amide bonds. The Morgan fingerprint density at radius 2 is 0.750 bits per heavy atom. The lowest BCUT2D eigenvalue weighted by Gasteiger charge is -2.32. The average Bonchev–Trinajstić information content (AvgIpc) is 1.80. The lowest BCUT2D eigenvalue weighted by molar-refractivity contribution is 0.00578. The van der Waals surface area contributed by atoms with Crippen LogP contribution in [0.15, 0.2) is 231 Å². The minimum atomic E-state index is -0.496. The molecule has 0 unspecified atom stereocenters. The van der Waals surface area contributed by atoms with Crippen molar-refractivity contribution in [3.8, 4) is 34.0 Å². The molecule has 0 N–H and O–H groups in total. The fourth-order valence-electron chi connectivity index (χ4n) is 11.7. The van der Waals surface area contributed by atoms with Gasteiger partial charge < -0.3 is 9.31 Å². The van der Waals surface area contributed by atoms with Crippen LogP contribution in [-0.4, -0.2) is 48.2 Å². The quantitative estimate of drug-likeness (QED) is 0.0977. The van der Waals surface area contributed by atoms with E-state index in [0.717, 1.165) is 88.2 Å². The summed E-state index contributed by atoms with van der Waals surface area (Å²) in [6, 6.07) is 79.4. The SMILES string of the molecule is CC1(C)OB(c2nc3c(ccc4sc5ccccc5c43)c3ccccc23)OC1(C)C.Clc1nc(-c2ccccc2)c2ccccc2n1.c1ccc(-c2nc(-c3nc4c(ccc5sc6ccccc6c54)c4ccccc34)nc3ccccc23)cc1. The molecule has 7 heterocycles. The number of pyridine rings is 2. The van der Waals surface area contributed by atoms with Crippen molar-refractivity contribution in [1.82, 2.24) is 29.9 Å². The van der Waals surface area contributed by atoms with Crippen molar-refractivity contribution in [2.24, 2.45) is 0 Å². The van der Waals surface area contributed by atoms with E-state index in [1.165, 1.54) is 51.1 Å². The normalized spacial score (nSPS) is 13.8. The number of aromatic nitrogens is 6. The molecule has 8 nitrogen and oxygen atoms in total. The van der Waals surface area contributed by atoms with Gasteiger partial charge >= 0.3 is 7.12 Å². The van der Waals surface area contributed by atoms with Gasteiger partial charge in [-0.3, -0.25) is 4.98 Å². The summed E-state index contributed by atoms with van der Waals surface area (Å²) >= 11 is 9.58. The van der Waals surface area contributed by atoms with Gasteiger partial charge in [-0.05, 0) is 86.5 Å². The summed E-state index contributed by atoms with van der Waals surface area (Å²) in [6.07, 6.45) is 0. The lowest BCUT2D eigenvalue weighted by atomic mass is 9.80. The van der Waals surface area contributed by atoms with Crippen LogP contribution in [0.2, 0.25) is 5.28 Å². The van der Waals surface area contributed by atoms with Crippen LogP contribution in [0, 0.1) is 0 Å². The zero-order valence-electron chi connectivity index (χ0n) is 46.2. The van der Waals surface area contributed by atoms with Crippen molar-refractivity contribution >= 4 is 152 Å². The molecule has 12 heteroatoms. The minimum Gasteiger partial charge on any atom is -0.398 e. The van der Waals surface area contributed by atoms with Gasteiger partial charge in [-0.1, -0.05) is 194 Å². The molecule has 0 atom stereocenters. The van der Waals surface area contributed by atoms with E-state index in [-0.39, 0.29) is 5.28 Å². The zero-order chi connectivity index (χ0) is 56.7. The number of hydrogen-bond acceptors (Lipinski definition) is 10. The first kappa shape index (κ1) is 51.8. The van der Waals surface area contributed by atoms with Gasteiger partial charge in [0.25, 0.3) is 0 Å². The zero-order valence-corrected chi connectivity index (χ0v) is 48.6. The van der Waals surface area contributed by atoms with Crippen LogP contribution in [0.5, 0.6) is 0 Å². The first-order valence-electron chi connectivity index (χ1n) is 28.0. The Kier molecular flexibility index (Phi) is 12.7. The van der Waals surface area contributed by atoms with Gasteiger partial charge in [0.2, 0.25) is 5.28 Å². The number of thiophene rings is 2. The summed E-state index contributed by atoms with van der Waals surface area (Å²) in [5.74, 6) is 0.646. The second kappa shape index (κ2) is 20.7. The largest absolute Gasteiger partial charge is 0.515 e. The van der Waals surface area contributed by atoms with Crippen LogP contribution >= 0.6 is 34.3 Å². The van der Waals surface area contributed by atoms with E-state index >= 15 is 0 Å². The summed E-state index contributed by atoms with van der Waals surface area (Å²) < 4.78 is 17.9. The first-order valence-corrected chi connectivity index (χ1v) is 30.0. The monoisotopic (exact) mass is 1140 g/mol. The second-order valence-corrected chi connectivity index (χ2v) is 24.5. The highest BCUT2D eigenvalue weighted by Gasteiger charge is 2.53. The molecule has 10 aromatic carbocycles. The highest BCUT2D eigenvalue weighted by atomic mass is 35.5. The van der Waals surface area contributed by atoms with Crippen molar-refractivity contribution in [3.63, 3.8) is 0 Å². The molecule has 1 fully saturated rings. The fourth-order valence-corrected chi connectivity index (χ4v) is 14.0. The third kappa shape index (κ3) is 8.90. The minimum absolute atomic E-state index is 0.280. The number of nitrogens with zero attached hydrogens (tertiary/aromatic N) is 6. The van der Waals surface area contributed by atoms with Crippen molar-refractivity contribution < 1.29 is 9.31 Å². The molecule has 16 aromatic rings. The second-order valence-electron chi connectivity index (χ2n) is 22.0. The van der Waals surface area contributed by atoms with Gasteiger partial charge in [0, 0.05) is 83.8 Å². The number of fused-ring (bicyclic) bond motifs is 16. The molecule has 84 heavy (non-hydrogen) atoms. The van der Waals surface area contributed by atoms with Gasteiger partial charge in [-0.15, -0.1) is 22.7 Å². The van der Waals surface area contributed by atoms with E-state index in [1.807, 2.05) is 108 Å². The van der Waals surface area contributed by atoms with Crippen LogP contribution in [0.25, 0.3) is 140 Å². The van der Waals surface area contributed by atoms with E-state index < -0.39 is 18.3 Å². The molecular weight excluding hydrogens is 1090 g/mol. The van der Waals surface area contributed by atoms with Crippen molar-refractivity contribution in [3.05, 3.63) is 236 Å². The lowest BCUT2D eigenvalue weighted by Crippen LogP contribution is -2.41. The molecule has 0 aliphatic carbocycles. The van der Waals surface area contributed by atoms with Crippen molar-refractivity contribution in [1.29, 1.82) is 0 Å². The molecule has 0 radical (unpaired) electrons. The Hall–Kier alpha value is -9.07. The van der Waals surface area contributed by atoms with Crippen LogP contribution in [0.3, 0.4) is 0 Å². The van der Waals surface area contributed by atoms with E-state index in [4.69, 9.17) is 40.8 Å². The Labute approximate surface area is 497 Å². The third-order valence-corrected chi connectivity index (χ3v) is 18.9. The van der Waals surface area contributed by atoms with E-state index in [0.29, 0.717) is 5.82 Å². The standard InChI is InChI=1S/C33H19N3S.C25H22BNO2S.C14H9ClN2/c1-2-10-20(11-3-1)30-24-14-6-8-16-26(24)34-33(36-30)32-22-13-5-4-12-21(22)23-18-19-28-29(31(23)35-32)25-15-7-9-17-27(25)37-28;1-24(2)25(3,4)29-26(28-24)23-17-10-6-5-9-15(17)16-13-14-20-21(22(16)27-23)18-11-7-8-12-19(18)30-20;15-14-16-12-9-5-4-8-11(12)13(17-14)10-6-2-1-3-7-10/h1-19H;5-14H,1-4H3;1-9H. The number of hydrogen-bond donors (Lipinski definition) is 0.